The average Bonchev–Trinajstić information content (AvgIpc) is 2.41. The van der Waals surface area contributed by atoms with Crippen LogP contribution in [-0.4, -0.2) is 13.0 Å². The second-order valence-electron chi connectivity index (χ2n) is 3.93. The van der Waals surface area contributed by atoms with Crippen LogP contribution in [-0.2, 0) is 0 Å². The third kappa shape index (κ3) is 3.29. The molecule has 0 aliphatic rings. The highest BCUT2D eigenvalue weighted by molar-refractivity contribution is 9.10. The van der Waals surface area contributed by atoms with Gasteiger partial charge in [-0.15, -0.1) is 0 Å². The number of ether oxygens (including phenoxy) is 1. The van der Waals surface area contributed by atoms with Gasteiger partial charge in [-0.25, -0.2) is 4.39 Å². The third-order valence-corrected chi connectivity index (χ3v) is 3.57. The van der Waals surface area contributed by atoms with Crippen LogP contribution in [0.3, 0.4) is 0 Å². The average molecular weight is 359 g/mol. The largest absolute Gasteiger partial charge is 0.495 e. The molecular formula is C14H10BrClFNO2. The van der Waals surface area contributed by atoms with E-state index in [2.05, 4.69) is 21.2 Å². The van der Waals surface area contributed by atoms with Gasteiger partial charge in [-0.3, -0.25) is 4.79 Å². The summed E-state index contributed by atoms with van der Waals surface area (Å²) in [7, 11) is 1.50. The fourth-order valence-electron chi connectivity index (χ4n) is 1.61. The van der Waals surface area contributed by atoms with E-state index in [-0.39, 0.29) is 5.56 Å². The Kier molecular flexibility index (Phi) is 4.62. The molecule has 0 aliphatic carbocycles. The summed E-state index contributed by atoms with van der Waals surface area (Å²) in [5, 5.41) is 3.02. The molecule has 3 nitrogen and oxygen atoms in total. The maximum atomic E-state index is 13.2. The van der Waals surface area contributed by atoms with Crippen LogP contribution in [0.2, 0.25) is 5.02 Å². The zero-order chi connectivity index (χ0) is 14.7. The quantitative estimate of drug-likeness (QED) is 0.877. The number of carbonyl (C=O) groups excluding carboxylic acids is 1. The second-order valence-corrected chi connectivity index (χ2v) is 5.19. The number of carbonyl (C=O) groups is 1. The zero-order valence-corrected chi connectivity index (χ0v) is 12.8. The van der Waals surface area contributed by atoms with Crippen LogP contribution >= 0.6 is 27.5 Å². The van der Waals surface area contributed by atoms with Crippen LogP contribution in [0.25, 0.3) is 0 Å². The minimum absolute atomic E-state index is 0.206. The van der Waals surface area contributed by atoms with E-state index in [0.29, 0.717) is 20.9 Å². The number of methoxy groups -OCH3 is 1. The van der Waals surface area contributed by atoms with Crippen molar-refractivity contribution in [3.8, 4) is 5.75 Å². The van der Waals surface area contributed by atoms with Crippen molar-refractivity contribution in [2.75, 3.05) is 12.4 Å². The molecule has 0 atom stereocenters. The second kappa shape index (κ2) is 6.24. The summed E-state index contributed by atoms with van der Waals surface area (Å²) in [6.07, 6.45) is 0. The molecule has 0 unspecified atom stereocenters. The lowest BCUT2D eigenvalue weighted by Crippen LogP contribution is -2.12. The van der Waals surface area contributed by atoms with Crippen LogP contribution in [0.15, 0.2) is 40.9 Å². The third-order valence-electron chi connectivity index (χ3n) is 2.58. The SMILES string of the molecule is COc1ccc(NC(=O)c2cc(F)ccc2Br)cc1Cl. The fourth-order valence-corrected chi connectivity index (χ4v) is 2.30. The van der Waals surface area contributed by atoms with Crippen molar-refractivity contribution in [2.45, 2.75) is 0 Å². The maximum absolute atomic E-state index is 13.2. The predicted molar refractivity (Wildman–Crippen MR) is 80.1 cm³/mol. The first kappa shape index (κ1) is 14.8. The summed E-state index contributed by atoms with van der Waals surface area (Å²) in [5.41, 5.74) is 0.703. The Morgan fingerprint density at radius 2 is 2.05 bits per heavy atom. The number of rotatable bonds is 3. The molecule has 0 heterocycles. The molecular weight excluding hydrogens is 349 g/mol. The van der Waals surface area contributed by atoms with Gasteiger partial charge in [-0.05, 0) is 52.3 Å². The number of hydrogen-bond acceptors (Lipinski definition) is 2. The van der Waals surface area contributed by atoms with Gasteiger partial charge in [-0.2, -0.15) is 0 Å². The highest BCUT2D eigenvalue weighted by Crippen LogP contribution is 2.28. The molecule has 2 aromatic rings. The predicted octanol–water partition coefficient (Wildman–Crippen LogP) is 4.50. The number of benzene rings is 2. The zero-order valence-electron chi connectivity index (χ0n) is 10.4. The number of anilines is 1. The highest BCUT2D eigenvalue weighted by atomic mass is 79.9. The van der Waals surface area contributed by atoms with E-state index in [4.69, 9.17) is 16.3 Å². The molecule has 1 N–H and O–H groups in total. The van der Waals surface area contributed by atoms with Gasteiger partial charge in [0.1, 0.15) is 11.6 Å². The molecule has 20 heavy (non-hydrogen) atoms. The fraction of sp³-hybridized carbons (Fsp3) is 0.0714. The van der Waals surface area contributed by atoms with Crippen molar-refractivity contribution >= 4 is 39.1 Å². The summed E-state index contributed by atoms with van der Waals surface area (Å²) in [6.45, 7) is 0. The number of halogens is 3. The molecule has 0 bridgehead atoms. The number of nitrogens with one attached hydrogen (secondary N) is 1. The molecule has 6 heteroatoms. The van der Waals surface area contributed by atoms with Gasteiger partial charge in [0.2, 0.25) is 0 Å². The van der Waals surface area contributed by atoms with Crippen molar-refractivity contribution in [2.24, 2.45) is 0 Å². The lowest BCUT2D eigenvalue weighted by molar-refractivity contribution is 0.102. The Morgan fingerprint density at radius 1 is 1.30 bits per heavy atom. The molecule has 1 amide bonds. The normalized spacial score (nSPS) is 10.2. The van der Waals surface area contributed by atoms with Crippen molar-refractivity contribution in [1.82, 2.24) is 0 Å². The summed E-state index contributed by atoms with van der Waals surface area (Å²) in [5.74, 6) is -0.402. The molecule has 0 saturated carbocycles. The molecule has 0 spiro atoms. The molecule has 0 aliphatic heterocycles. The van der Waals surface area contributed by atoms with Crippen LogP contribution < -0.4 is 10.1 Å². The van der Waals surface area contributed by atoms with Crippen molar-refractivity contribution in [3.63, 3.8) is 0 Å². The maximum Gasteiger partial charge on any atom is 0.256 e. The lowest BCUT2D eigenvalue weighted by atomic mass is 10.2. The molecule has 2 aromatic carbocycles. The molecule has 0 fully saturated rings. The van der Waals surface area contributed by atoms with Crippen LogP contribution in [0.4, 0.5) is 10.1 Å². The van der Waals surface area contributed by atoms with E-state index in [1.165, 1.54) is 19.2 Å². The van der Waals surface area contributed by atoms with E-state index in [9.17, 15) is 9.18 Å². The monoisotopic (exact) mass is 357 g/mol. The standard InChI is InChI=1S/C14H10BrClFNO2/c1-20-13-5-3-9(7-12(13)16)18-14(19)10-6-8(17)2-4-11(10)15/h2-7H,1H3,(H,18,19). The first-order chi connectivity index (χ1) is 9.51. The van der Waals surface area contributed by atoms with Crippen LogP contribution in [0.1, 0.15) is 10.4 Å². The first-order valence-corrected chi connectivity index (χ1v) is 6.78. The van der Waals surface area contributed by atoms with E-state index < -0.39 is 11.7 Å². The topological polar surface area (TPSA) is 38.3 Å². The lowest BCUT2D eigenvalue weighted by Gasteiger charge is -2.09. The summed E-state index contributed by atoms with van der Waals surface area (Å²) < 4.78 is 18.7. The molecule has 0 saturated heterocycles. The number of amides is 1. The molecule has 0 aromatic heterocycles. The van der Waals surface area contributed by atoms with Crippen molar-refractivity contribution in [3.05, 3.63) is 57.3 Å². The van der Waals surface area contributed by atoms with E-state index in [1.54, 1.807) is 18.2 Å². The van der Waals surface area contributed by atoms with Gasteiger partial charge in [0.05, 0.1) is 17.7 Å². The van der Waals surface area contributed by atoms with Crippen LogP contribution in [0.5, 0.6) is 5.75 Å². The van der Waals surface area contributed by atoms with E-state index in [0.717, 1.165) is 6.07 Å². The van der Waals surface area contributed by atoms with Crippen molar-refractivity contribution in [1.29, 1.82) is 0 Å². The smallest absolute Gasteiger partial charge is 0.256 e. The molecule has 0 radical (unpaired) electrons. The van der Waals surface area contributed by atoms with E-state index in [1.807, 2.05) is 0 Å². The first-order valence-electron chi connectivity index (χ1n) is 5.61. The molecule has 2 rings (SSSR count). The van der Waals surface area contributed by atoms with Gasteiger partial charge in [0.25, 0.3) is 5.91 Å². The van der Waals surface area contributed by atoms with E-state index >= 15 is 0 Å². The summed E-state index contributed by atoms with van der Waals surface area (Å²) in [4.78, 5) is 12.1. The Bertz CT molecular complexity index is 664. The Balaban J connectivity index is 2.23. The van der Waals surface area contributed by atoms with Crippen molar-refractivity contribution < 1.29 is 13.9 Å². The van der Waals surface area contributed by atoms with Crippen LogP contribution in [0, 0.1) is 5.82 Å². The Labute approximate surface area is 128 Å². The van der Waals surface area contributed by atoms with Gasteiger partial charge in [0.15, 0.2) is 0 Å². The van der Waals surface area contributed by atoms with Gasteiger partial charge < -0.3 is 10.1 Å². The Morgan fingerprint density at radius 3 is 2.70 bits per heavy atom. The van der Waals surface area contributed by atoms with Gasteiger partial charge in [0, 0.05) is 10.2 Å². The number of hydrogen-bond donors (Lipinski definition) is 1. The molecule has 104 valence electrons. The van der Waals surface area contributed by atoms with Gasteiger partial charge in [-0.1, -0.05) is 11.6 Å². The summed E-state index contributed by atoms with van der Waals surface area (Å²) >= 11 is 9.18. The van der Waals surface area contributed by atoms with Gasteiger partial charge >= 0.3 is 0 Å². The minimum atomic E-state index is -0.480. The summed E-state index contributed by atoms with van der Waals surface area (Å²) in [6, 6.07) is 8.75. The minimum Gasteiger partial charge on any atom is -0.495 e. The highest BCUT2D eigenvalue weighted by Gasteiger charge is 2.12. The Hall–Kier alpha value is -1.59.